The molecule has 9 heteroatoms. The largest absolute Gasteiger partial charge is 0.329 e. The Bertz CT molecular complexity index is 1020. The van der Waals surface area contributed by atoms with Crippen molar-refractivity contribution >= 4 is 58.1 Å². The summed E-state index contributed by atoms with van der Waals surface area (Å²) in [6.07, 6.45) is 1.42. The first-order chi connectivity index (χ1) is 12.9. The molecule has 0 saturated heterocycles. The van der Waals surface area contributed by atoms with Crippen LogP contribution in [0.1, 0.15) is 20.8 Å². The van der Waals surface area contributed by atoms with Crippen molar-refractivity contribution in [3.05, 3.63) is 75.1 Å². The Labute approximate surface area is 170 Å². The average Bonchev–Trinajstić information content (AvgIpc) is 2.91. The molecule has 0 atom stereocenters. The van der Waals surface area contributed by atoms with Gasteiger partial charge in [-0.25, -0.2) is 4.98 Å². The molecular formula is C18H13Cl3N4O2. The minimum atomic E-state index is -0.448. The zero-order chi connectivity index (χ0) is 19.6. The molecule has 2 amide bonds. The number of nitrogens with zero attached hydrogens (tertiary/aromatic N) is 2. The zero-order valence-electron chi connectivity index (χ0n) is 14.0. The Hall–Kier alpha value is -2.54. The van der Waals surface area contributed by atoms with Gasteiger partial charge in [-0.15, -0.1) is 0 Å². The monoisotopic (exact) mass is 422 g/mol. The lowest BCUT2D eigenvalue weighted by atomic mass is 10.1. The maximum absolute atomic E-state index is 12.6. The fourth-order valence-electron chi connectivity index (χ4n) is 2.37. The van der Waals surface area contributed by atoms with Crippen molar-refractivity contribution in [2.75, 3.05) is 10.6 Å². The lowest BCUT2D eigenvalue weighted by Crippen LogP contribution is -2.20. The van der Waals surface area contributed by atoms with Crippen molar-refractivity contribution in [1.29, 1.82) is 0 Å². The highest BCUT2D eigenvalue weighted by Crippen LogP contribution is 2.26. The van der Waals surface area contributed by atoms with E-state index in [1.807, 2.05) is 0 Å². The molecule has 3 rings (SSSR count). The first-order valence-corrected chi connectivity index (χ1v) is 8.84. The van der Waals surface area contributed by atoms with E-state index in [1.54, 1.807) is 43.4 Å². The van der Waals surface area contributed by atoms with Crippen LogP contribution in [0.2, 0.25) is 15.2 Å². The molecule has 0 aliphatic rings. The van der Waals surface area contributed by atoms with Gasteiger partial charge in [0.05, 0.1) is 21.3 Å². The predicted octanol–water partition coefficient (Wildman–Crippen LogP) is 4.88. The van der Waals surface area contributed by atoms with Gasteiger partial charge in [-0.1, -0.05) is 46.9 Å². The van der Waals surface area contributed by atoms with Crippen LogP contribution in [-0.4, -0.2) is 21.4 Å². The number of carbonyl (C=O) groups is 2. The van der Waals surface area contributed by atoms with Gasteiger partial charge in [0.2, 0.25) is 0 Å². The minimum Gasteiger partial charge on any atom is -0.329 e. The second kappa shape index (κ2) is 8.00. The molecule has 0 aliphatic carbocycles. The summed E-state index contributed by atoms with van der Waals surface area (Å²) in [6, 6.07) is 11.3. The van der Waals surface area contributed by atoms with Gasteiger partial charge >= 0.3 is 0 Å². The average molecular weight is 424 g/mol. The Morgan fingerprint density at radius 1 is 1.00 bits per heavy atom. The van der Waals surface area contributed by atoms with Crippen LogP contribution in [0.4, 0.5) is 11.5 Å². The normalized spacial score (nSPS) is 10.5. The first-order valence-electron chi connectivity index (χ1n) is 7.71. The van der Waals surface area contributed by atoms with Gasteiger partial charge in [0.15, 0.2) is 0 Å². The second-order valence-corrected chi connectivity index (χ2v) is 6.74. The van der Waals surface area contributed by atoms with Crippen molar-refractivity contribution in [1.82, 2.24) is 9.55 Å². The molecule has 0 fully saturated rings. The van der Waals surface area contributed by atoms with Crippen LogP contribution in [0, 0.1) is 0 Å². The number of hydrogen-bond acceptors (Lipinski definition) is 3. The molecule has 0 saturated carbocycles. The quantitative estimate of drug-likeness (QED) is 0.627. The maximum atomic E-state index is 12.6. The number of para-hydroxylation sites is 1. The highest BCUT2D eigenvalue weighted by Gasteiger charge is 2.19. The van der Waals surface area contributed by atoms with E-state index >= 15 is 0 Å². The van der Waals surface area contributed by atoms with Crippen LogP contribution in [0.3, 0.4) is 0 Å². The molecule has 3 aromatic rings. The van der Waals surface area contributed by atoms with Crippen molar-refractivity contribution in [3.63, 3.8) is 0 Å². The van der Waals surface area contributed by atoms with Crippen molar-refractivity contribution in [3.8, 4) is 0 Å². The van der Waals surface area contributed by atoms with Crippen molar-refractivity contribution in [2.24, 2.45) is 7.05 Å². The Kier molecular flexibility index (Phi) is 5.70. The third-order valence-electron chi connectivity index (χ3n) is 3.74. The molecule has 0 aliphatic heterocycles. The number of nitrogens with one attached hydrogen (secondary N) is 2. The van der Waals surface area contributed by atoms with E-state index in [0.717, 1.165) is 0 Å². The van der Waals surface area contributed by atoms with E-state index in [-0.39, 0.29) is 21.4 Å². The lowest BCUT2D eigenvalue weighted by Gasteiger charge is -2.11. The highest BCUT2D eigenvalue weighted by atomic mass is 35.5. The van der Waals surface area contributed by atoms with Gasteiger partial charge < -0.3 is 15.2 Å². The fraction of sp³-hybridized carbons (Fsp3) is 0.0556. The number of benzene rings is 1. The Morgan fingerprint density at radius 3 is 2.37 bits per heavy atom. The van der Waals surface area contributed by atoms with Crippen LogP contribution in [0.5, 0.6) is 0 Å². The van der Waals surface area contributed by atoms with Crippen LogP contribution in [-0.2, 0) is 7.05 Å². The number of aromatic nitrogens is 2. The summed E-state index contributed by atoms with van der Waals surface area (Å²) < 4.78 is 1.46. The summed E-state index contributed by atoms with van der Waals surface area (Å²) in [4.78, 5) is 29.2. The molecular weight excluding hydrogens is 411 g/mol. The van der Waals surface area contributed by atoms with Crippen molar-refractivity contribution in [2.45, 2.75) is 0 Å². The third-order valence-corrected chi connectivity index (χ3v) is 4.80. The van der Waals surface area contributed by atoms with Crippen LogP contribution < -0.4 is 10.6 Å². The molecule has 2 heterocycles. The van der Waals surface area contributed by atoms with E-state index in [9.17, 15) is 9.59 Å². The number of amides is 2. The van der Waals surface area contributed by atoms with Gasteiger partial charge in [0, 0.05) is 13.2 Å². The SMILES string of the molecule is Cn1c(C(=O)Nc2ccccc2C(=O)Nc2ccc(Cl)cn2)cc(Cl)c1Cl. The van der Waals surface area contributed by atoms with E-state index < -0.39 is 11.8 Å². The van der Waals surface area contributed by atoms with Gasteiger partial charge in [0.1, 0.15) is 16.7 Å². The summed E-state index contributed by atoms with van der Waals surface area (Å²) >= 11 is 17.7. The lowest BCUT2D eigenvalue weighted by molar-refractivity contribution is 0.101. The number of hydrogen-bond donors (Lipinski definition) is 2. The van der Waals surface area contributed by atoms with Gasteiger partial charge in [-0.3, -0.25) is 9.59 Å². The number of halogens is 3. The maximum Gasteiger partial charge on any atom is 0.272 e. The summed E-state index contributed by atoms with van der Waals surface area (Å²) in [7, 11) is 1.62. The summed E-state index contributed by atoms with van der Waals surface area (Å²) in [5.74, 6) is -0.536. The number of anilines is 2. The van der Waals surface area contributed by atoms with E-state index in [4.69, 9.17) is 34.8 Å². The molecule has 1 aromatic carbocycles. The second-order valence-electron chi connectivity index (χ2n) is 5.54. The molecule has 0 radical (unpaired) electrons. The van der Waals surface area contributed by atoms with Gasteiger partial charge in [-0.2, -0.15) is 0 Å². The van der Waals surface area contributed by atoms with Gasteiger partial charge in [-0.05, 0) is 30.3 Å². The number of rotatable bonds is 4. The molecule has 6 nitrogen and oxygen atoms in total. The molecule has 2 N–H and O–H groups in total. The minimum absolute atomic E-state index is 0.252. The molecule has 0 spiro atoms. The highest BCUT2D eigenvalue weighted by molar-refractivity contribution is 6.42. The molecule has 0 unspecified atom stereocenters. The molecule has 27 heavy (non-hydrogen) atoms. The van der Waals surface area contributed by atoms with E-state index in [0.29, 0.717) is 16.5 Å². The van der Waals surface area contributed by atoms with Crippen LogP contribution >= 0.6 is 34.8 Å². The molecule has 0 bridgehead atoms. The van der Waals surface area contributed by atoms with Crippen LogP contribution in [0.25, 0.3) is 0 Å². The van der Waals surface area contributed by atoms with Crippen molar-refractivity contribution < 1.29 is 9.59 Å². The number of pyridine rings is 1. The molecule has 2 aromatic heterocycles. The smallest absolute Gasteiger partial charge is 0.272 e. The fourth-order valence-corrected chi connectivity index (χ4v) is 2.86. The topological polar surface area (TPSA) is 76.0 Å². The zero-order valence-corrected chi connectivity index (χ0v) is 16.2. The predicted molar refractivity (Wildman–Crippen MR) is 107 cm³/mol. The first kappa shape index (κ1) is 19.2. The Morgan fingerprint density at radius 2 is 1.74 bits per heavy atom. The van der Waals surface area contributed by atoms with E-state index in [1.165, 1.54) is 16.8 Å². The molecule has 138 valence electrons. The Balaban J connectivity index is 1.83. The standard InChI is InChI=1S/C18H13Cl3N4O2/c1-25-14(8-12(20)16(25)21)18(27)23-13-5-3-2-4-11(13)17(26)24-15-7-6-10(19)9-22-15/h2-9H,1H3,(H,23,27)(H,22,24,26). The number of carbonyl (C=O) groups excluding carboxylic acids is 2. The third kappa shape index (κ3) is 4.24. The van der Waals surface area contributed by atoms with Gasteiger partial charge in [0.25, 0.3) is 11.8 Å². The summed E-state index contributed by atoms with van der Waals surface area (Å²) in [5, 5.41) is 6.34. The summed E-state index contributed by atoms with van der Waals surface area (Å²) in [5.41, 5.74) is 0.871. The van der Waals surface area contributed by atoms with Crippen LogP contribution in [0.15, 0.2) is 48.7 Å². The van der Waals surface area contributed by atoms with E-state index in [2.05, 4.69) is 15.6 Å². The summed E-state index contributed by atoms with van der Waals surface area (Å²) in [6.45, 7) is 0.